The van der Waals surface area contributed by atoms with Gasteiger partial charge in [-0.25, -0.2) is 18.4 Å². The zero-order chi connectivity index (χ0) is 20.7. The van der Waals surface area contributed by atoms with Crippen LogP contribution in [-0.2, 0) is 21.4 Å². The second-order valence-corrected chi connectivity index (χ2v) is 9.97. The lowest BCUT2D eigenvalue weighted by Gasteiger charge is -2.33. The summed E-state index contributed by atoms with van der Waals surface area (Å²) >= 11 is 1.11. The number of hydrazine groups is 1. The SMILES string of the molecule is O=C1CN(NS(=O)(=O)c2cc3cccnc3s2)CCN1Cc1cc2cnccc2[nH]1. The molecule has 154 valence electrons. The van der Waals surface area contributed by atoms with Crippen molar-refractivity contribution >= 4 is 48.4 Å². The summed E-state index contributed by atoms with van der Waals surface area (Å²) in [6.07, 6.45) is 5.11. The van der Waals surface area contributed by atoms with Crippen LogP contribution in [-0.4, -0.2) is 58.8 Å². The monoisotopic (exact) mass is 442 g/mol. The van der Waals surface area contributed by atoms with Gasteiger partial charge in [-0.1, -0.05) is 6.07 Å². The van der Waals surface area contributed by atoms with Gasteiger partial charge in [0, 0.05) is 53.7 Å². The first-order chi connectivity index (χ1) is 14.5. The van der Waals surface area contributed by atoms with E-state index in [1.165, 1.54) is 5.01 Å². The average Bonchev–Trinajstić information content (AvgIpc) is 3.33. The summed E-state index contributed by atoms with van der Waals surface area (Å²) in [7, 11) is -3.77. The van der Waals surface area contributed by atoms with Crippen LogP contribution in [0.3, 0.4) is 0 Å². The third kappa shape index (κ3) is 3.67. The van der Waals surface area contributed by atoms with Gasteiger partial charge in [0.1, 0.15) is 9.04 Å². The highest BCUT2D eigenvalue weighted by molar-refractivity contribution is 7.91. The van der Waals surface area contributed by atoms with Crippen LogP contribution in [0.5, 0.6) is 0 Å². The minimum Gasteiger partial charge on any atom is -0.357 e. The largest absolute Gasteiger partial charge is 0.357 e. The molecule has 1 aliphatic rings. The first kappa shape index (κ1) is 19.1. The van der Waals surface area contributed by atoms with Gasteiger partial charge in [0.2, 0.25) is 5.91 Å². The van der Waals surface area contributed by atoms with Gasteiger partial charge < -0.3 is 9.88 Å². The van der Waals surface area contributed by atoms with Crippen LogP contribution >= 0.6 is 11.3 Å². The standard InChI is InChI=1S/C19H18N6O3S2/c26-17-12-25(23-30(27,28)18-9-13-2-1-4-21-19(13)29-18)7-6-24(17)11-15-8-14-10-20-5-3-16(14)22-15/h1-5,8-10,22-23H,6-7,11-12H2. The van der Waals surface area contributed by atoms with Crippen molar-refractivity contribution in [3.63, 3.8) is 0 Å². The Labute approximate surface area is 176 Å². The summed E-state index contributed by atoms with van der Waals surface area (Å²) in [5.74, 6) is -0.140. The second kappa shape index (κ2) is 7.43. The Balaban J connectivity index is 1.25. The molecule has 0 radical (unpaired) electrons. The number of carbonyl (C=O) groups is 1. The number of fused-ring (bicyclic) bond motifs is 2. The quantitative estimate of drug-likeness (QED) is 0.487. The zero-order valence-electron chi connectivity index (χ0n) is 15.8. The van der Waals surface area contributed by atoms with Crippen LogP contribution in [0.1, 0.15) is 5.69 Å². The maximum atomic E-state index is 12.7. The fourth-order valence-electron chi connectivity index (χ4n) is 3.47. The van der Waals surface area contributed by atoms with Crippen LogP contribution in [0.2, 0.25) is 0 Å². The van der Waals surface area contributed by atoms with Gasteiger partial charge in [-0.2, -0.15) is 0 Å². The second-order valence-electron chi connectivity index (χ2n) is 7.05. The Morgan fingerprint density at radius 1 is 1.17 bits per heavy atom. The number of nitrogens with zero attached hydrogens (tertiary/aromatic N) is 4. The van der Waals surface area contributed by atoms with E-state index >= 15 is 0 Å². The van der Waals surface area contributed by atoms with Crippen LogP contribution in [0.15, 0.2) is 53.1 Å². The summed E-state index contributed by atoms with van der Waals surface area (Å²) in [5, 5.41) is 3.21. The molecule has 4 aromatic heterocycles. The third-order valence-electron chi connectivity index (χ3n) is 4.94. The van der Waals surface area contributed by atoms with E-state index in [2.05, 4.69) is 19.8 Å². The number of aromatic amines is 1. The van der Waals surface area contributed by atoms with Gasteiger partial charge in [-0.05, 0) is 24.3 Å². The van der Waals surface area contributed by atoms with Crippen molar-refractivity contribution in [3.05, 3.63) is 54.6 Å². The summed E-state index contributed by atoms with van der Waals surface area (Å²) in [6.45, 7) is 1.24. The van der Waals surface area contributed by atoms with E-state index in [1.807, 2.05) is 18.2 Å². The molecule has 9 nitrogen and oxygen atoms in total. The normalized spacial score (nSPS) is 16.0. The number of H-pyrrole nitrogens is 1. The molecule has 0 spiro atoms. The first-order valence-electron chi connectivity index (χ1n) is 9.29. The number of pyridine rings is 2. The fraction of sp³-hybridized carbons (Fsp3) is 0.211. The number of carbonyl (C=O) groups excluding carboxylic acids is 1. The van der Waals surface area contributed by atoms with E-state index in [0.717, 1.165) is 33.3 Å². The van der Waals surface area contributed by atoms with Crippen molar-refractivity contribution in [1.82, 2.24) is 29.7 Å². The molecule has 4 aromatic rings. The van der Waals surface area contributed by atoms with Gasteiger partial charge in [0.05, 0.1) is 13.1 Å². The Morgan fingerprint density at radius 3 is 2.87 bits per heavy atom. The van der Waals surface area contributed by atoms with Crippen LogP contribution in [0, 0.1) is 0 Å². The molecule has 5 heterocycles. The molecule has 0 aliphatic carbocycles. The van der Waals surface area contributed by atoms with Crippen molar-refractivity contribution < 1.29 is 13.2 Å². The molecule has 0 unspecified atom stereocenters. The number of sulfonamides is 1. The molecule has 0 aromatic carbocycles. The van der Waals surface area contributed by atoms with Crippen molar-refractivity contribution in [2.24, 2.45) is 0 Å². The maximum Gasteiger partial charge on any atom is 0.263 e. The molecule has 1 amide bonds. The summed E-state index contributed by atoms with van der Waals surface area (Å²) in [5.41, 5.74) is 1.88. The van der Waals surface area contributed by atoms with Gasteiger partial charge in [-0.15, -0.1) is 16.2 Å². The highest BCUT2D eigenvalue weighted by Gasteiger charge is 2.28. The first-order valence-corrected chi connectivity index (χ1v) is 11.6. The van der Waals surface area contributed by atoms with Crippen molar-refractivity contribution in [2.75, 3.05) is 19.6 Å². The summed E-state index contributed by atoms with van der Waals surface area (Å²) in [4.78, 5) is 29.1. The maximum absolute atomic E-state index is 12.7. The predicted octanol–water partition coefficient (Wildman–Crippen LogP) is 1.71. The minimum atomic E-state index is -3.77. The molecule has 0 bridgehead atoms. The molecule has 1 fully saturated rings. The number of amides is 1. The Morgan fingerprint density at radius 2 is 2.07 bits per heavy atom. The van der Waals surface area contributed by atoms with Crippen molar-refractivity contribution in [1.29, 1.82) is 0 Å². The summed E-state index contributed by atoms with van der Waals surface area (Å²) in [6, 6.07) is 9.04. The number of piperazine rings is 1. The van der Waals surface area contributed by atoms with E-state index in [9.17, 15) is 13.2 Å². The van der Waals surface area contributed by atoms with Crippen molar-refractivity contribution in [2.45, 2.75) is 10.8 Å². The van der Waals surface area contributed by atoms with E-state index in [4.69, 9.17) is 0 Å². The molecule has 11 heteroatoms. The highest BCUT2D eigenvalue weighted by atomic mass is 32.2. The molecule has 30 heavy (non-hydrogen) atoms. The van der Waals surface area contributed by atoms with E-state index < -0.39 is 10.0 Å². The number of rotatable bonds is 5. The lowest BCUT2D eigenvalue weighted by atomic mass is 10.3. The average molecular weight is 443 g/mol. The molecule has 5 rings (SSSR count). The van der Waals surface area contributed by atoms with Gasteiger partial charge >= 0.3 is 0 Å². The minimum absolute atomic E-state index is 0.0237. The molecular weight excluding hydrogens is 424 g/mol. The smallest absolute Gasteiger partial charge is 0.263 e. The van der Waals surface area contributed by atoms with Crippen LogP contribution < -0.4 is 4.83 Å². The van der Waals surface area contributed by atoms with E-state index in [1.54, 1.807) is 35.6 Å². The third-order valence-corrected chi connectivity index (χ3v) is 7.85. The van der Waals surface area contributed by atoms with Crippen LogP contribution in [0.25, 0.3) is 21.1 Å². The molecule has 2 N–H and O–H groups in total. The van der Waals surface area contributed by atoms with Gasteiger partial charge in [-0.3, -0.25) is 9.78 Å². The topological polar surface area (TPSA) is 111 Å². The van der Waals surface area contributed by atoms with E-state index in [0.29, 0.717) is 24.5 Å². The number of hydrogen-bond acceptors (Lipinski definition) is 7. The molecule has 0 saturated carbocycles. The van der Waals surface area contributed by atoms with Gasteiger partial charge in [0.25, 0.3) is 10.0 Å². The molecule has 1 saturated heterocycles. The van der Waals surface area contributed by atoms with E-state index in [-0.39, 0.29) is 16.7 Å². The Hall–Kier alpha value is -2.86. The highest BCUT2D eigenvalue weighted by Crippen LogP contribution is 2.27. The fourth-order valence-corrected chi connectivity index (χ4v) is 5.86. The number of nitrogens with one attached hydrogen (secondary N) is 2. The predicted molar refractivity (Wildman–Crippen MR) is 113 cm³/mol. The lowest BCUT2D eigenvalue weighted by molar-refractivity contribution is -0.137. The molecular formula is C19H18N6O3S2. The Bertz CT molecular complexity index is 1280. The number of hydrogen-bond donors (Lipinski definition) is 2. The van der Waals surface area contributed by atoms with Crippen LogP contribution in [0.4, 0.5) is 0 Å². The Kier molecular flexibility index (Phi) is 4.74. The van der Waals surface area contributed by atoms with Crippen molar-refractivity contribution in [3.8, 4) is 0 Å². The number of aromatic nitrogens is 3. The lowest BCUT2D eigenvalue weighted by Crippen LogP contribution is -2.55. The number of thiophene rings is 1. The zero-order valence-corrected chi connectivity index (χ0v) is 17.4. The molecule has 1 aliphatic heterocycles. The summed E-state index contributed by atoms with van der Waals surface area (Å²) < 4.78 is 25.7. The van der Waals surface area contributed by atoms with Gasteiger partial charge in [0.15, 0.2) is 0 Å². The molecule has 0 atom stereocenters.